The molecule has 0 amide bonds. The first-order valence-electron chi connectivity index (χ1n) is 10.4. The second-order valence-corrected chi connectivity index (χ2v) is 9.72. The lowest BCUT2D eigenvalue weighted by molar-refractivity contribution is 0.569. The van der Waals surface area contributed by atoms with Crippen LogP contribution in [0.15, 0.2) is 77.8 Å². The number of nitriles is 1. The van der Waals surface area contributed by atoms with Gasteiger partial charge < -0.3 is 0 Å². The van der Waals surface area contributed by atoms with Crippen LogP contribution in [0.3, 0.4) is 0 Å². The molecule has 30 heavy (non-hydrogen) atoms. The van der Waals surface area contributed by atoms with Gasteiger partial charge in [0.25, 0.3) is 0 Å². The van der Waals surface area contributed by atoms with Crippen LogP contribution in [0.25, 0.3) is 0 Å². The van der Waals surface area contributed by atoms with E-state index in [0.29, 0.717) is 5.56 Å². The van der Waals surface area contributed by atoms with Crippen LogP contribution in [0.5, 0.6) is 0 Å². The first-order valence-corrected chi connectivity index (χ1v) is 10.4. The molecule has 0 N–H and O–H groups in total. The Balaban J connectivity index is 2.36. The average Bonchev–Trinajstić information content (AvgIpc) is 2.71. The zero-order valence-corrected chi connectivity index (χ0v) is 18.8. The van der Waals surface area contributed by atoms with Crippen molar-refractivity contribution in [3.8, 4) is 6.07 Å². The van der Waals surface area contributed by atoms with Gasteiger partial charge in [0.15, 0.2) is 0 Å². The Bertz CT molecular complexity index is 1050. The van der Waals surface area contributed by atoms with Crippen LogP contribution in [0.1, 0.15) is 69.4 Å². The second-order valence-electron chi connectivity index (χ2n) is 9.72. The second kappa shape index (κ2) is 8.28. The summed E-state index contributed by atoms with van der Waals surface area (Å²) in [7, 11) is 0. The van der Waals surface area contributed by atoms with Crippen LogP contribution >= 0.6 is 0 Å². The van der Waals surface area contributed by atoms with Crippen molar-refractivity contribution in [1.82, 2.24) is 0 Å². The van der Waals surface area contributed by atoms with E-state index in [-0.39, 0.29) is 10.8 Å². The van der Waals surface area contributed by atoms with Crippen LogP contribution in [-0.2, 0) is 10.8 Å². The molecule has 3 aromatic rings. The highest BCUT2D eigenvalue weighted by atomic mass is 14.8. The van der Waals surface area contributed by atoms with Crippen molar-refractivity contribution >= 4 is 11.4 Å². The fraction of sp³-hybridized carbons (Fsp3) is 0.286. The Morgan fingerprint density at radius 3 is 1.63 bits per heavy atom. The van der Waals surface area contributed by atoms with Gasteiger partial charge in [-0.1, -0.05) is 108 Å². The predicted molar refractivity (Wildman–Crippen MR) is 127 cm³/mol. The van der Waals surface area contributed by atoms with Crippen molar-refractivity contribution < 1.29 is 0 Å². The summed E-state index contributed by atoms with van der Waals surface area (Å²) in [5, 5.41) is 10.0. The summed E-state index contributed by atoms with van der Waals surface area (Å²) >= 11 is 0. The molecule has 3 rings (SSSR count). The molecule has 0 fully saturated rings. The average molecular weight is 395 g/mol. The lowest BCUT2D eigenvalue weighted by Gasteiger charge is -2.27. The zero-order valence-electron chi connectivity index (χ0n) is 18.8. The maximum atomic E-state index is 10.0. The molecule has 0 radical (unpaired) electrons. The standard InChI is InChI=1S/C28H30N2/c1-27(2,3)23-17-22(19-29)26(24(18-23)28(4,5)6)30-25(20-13-9-7-10-14-20)21-15-11-8-12-16-21/h7-18H,1-6H3. The predicted octanol–water partition coefficient (Wildman–Crippen LogP) is 7.32. The van der Waals surface area contributed by atoms with Gasteiger partial charge in [-0.15, -0.1) is 0 Å². The fourth-order valence-corrected chi connectivity index (χ4v) is 3.44. The van der Waals surface area contributed by atoms with Gasteiger partial charge in [-0.05, 0) is 28.0 Å². The number of hydrogen-bond donors (Lipinski definition) is 0. The molecule has 0 aliphatic heterocycles. The molecule has 0 spiro atoms. The topological polar surface area (TPSA) is 36.1 Å². The van der Waals surface area contributed by atoms with Crippen LogP contribution < -0.4 is 0 Å². The molecule has 0 aliphatic carbocycles. The van der Waals surface area contributed by atoms with Gasteiger partial charge in [0.05, 0.1) is 17.0 Å². The number of rotatable bonds is 3. The molecule has 0 saturated carbocycles. The highest BCUT2D eigenvalue weighted by Gasteiger charge is 2.25. The van der Waals surface area contributed by atoms with Gasteiger partial charge in [0.2, 0.25) is 0 Å². The Kier molecular flexibility index (Phi) is 5.94. The normalized spacial score (nSPS) is 11.6. The Morgan fingerprint density at radius 2 is 1.23 bits per heavy atom. The van der Waals surface area contributed by atoms with E-state index in [2.05, 4.69) is 77.9 Å². The van der Waals surface area contributed by atoms with E-state index in [4.69, 9.17) is 4.99 Å². The van der Waals surface area contributed by atoms with Crippen molar-refractivity contribution in [2.24, 2.45) is 4.99 Å². The van der Waals surface area contributed by atoms with Crippen molar-refractivity contribution in [1.29, 1.82) is 5.26 Å². The smallest absolute Gasteiger partial charge is 0.101 e. The quantitative estimate of drug-likeness (QED) is 0.429. The van der Waals surface area contributed by atoms with Crippen LogP contribution in [0.4, 0.5) is 5.69 Å². The Morgan fingerprint density at radius 1 is 0.733 bits per heavy atom. The van der Waals surface area contributed by atoms with Crippen molar-refractivity contribution in [3.05, 3.63) is 101 Å². The van der Waals surface area contributed by atoms with E-state index < -0.39 is 0 Å². The largest absolute Gasteiger partial charge is 0.246 e. The first kappa shape index (κ1) is 21.5. The fourth-order valence-electron chi connectivity index (χ4n) is 3.44. The Hall–Kier alpha value is -3.18. The zero-order chi connectivity index (χ0) is 21.9. The van der Waals surface area contributed by atoms with Gasteiger partial charge in [-0.2, -0.15) is 5.26 Å². The molecule has 0 aromatic heterocycles. The SMILES string of the molecule is CC(C)(C)c1cc(C#N)c(N=C(c2ccccc2)c2ccccc2)c(C(C)(C)C)c1. The van der Waals surface area contributed by atoms with Gasteiger partial charge in [-0.25, -0.2) is 4.99 Å². The van der Waals surface area contributed by atoms with E-state index in [9.17, 15) is 5.26 Å². The molecule has 0 atom stereocenters. The van der Waals surface area contributed by atoms with Crippen molar-refractivity contribution in [2.75, 3.05) is 0 Å². The minimum absolute atomic E-state index is 0.0461. The lowest BCUT2D eigenvalue weighted by atomic mass is 9.78. The summed E-state index contributed by atoms with van der Waals surface area (Å²) in [4.78, 5) is 5.15. The van der Waals surface area contributed by atoms with Crippen molar-refractivity contribution in [3.63, 3.8) is 0 Å². The maximum absolute atomic E-state index is 10.0. The summed E-state index contributed by atoms with van der Waals surface area (Å²) in [5.41, 5.74) is 6.39. The van der Waals surface area contributed by atoms with Gasteiger partial charge in [-0.3, -0.25) is 0 Å². The molecular formula is C28H30N2. The summed E-state index contributed by atoms with van der Waals surface area (Å²) < 4.78 is 0. The minimum atomic E-state index is -0.149. The number of nitrogens with zero attached hydrogens (tertiary/aromatic N) is 2. The number of aliphatic imine (C=N–C) groups is 1. The monoisotopic (exact) mass is 394 g/mol. The Labute approximate surface area is 180 Å². The third kappa shape index (κ3) is 4.69. The van der Waals surface area contributed by atoms with E-state index in [0.717, 1.165) is 33.7 Å². The minimum Gasteiger partial charge on any atom is -0.246 e. The highest BCUT2D eigenvalue weighted by Crippen LogP contribution is 2.39. The summed E-state index contributed by atoms with van der Waals surface area (Å²) in [6.45, 7) is 13.1. The molecular weight excluding hydrogens is 364 g/mol. The molecule has 152 valence electrons. The molecule has 0 bridgehead atoms. The number of hydrogen-bond acceptors (Lipinski definition) is 2. The third-order valence-electron chi connectivity index (χ3n) is 5.22. The summed E-state index contributed by atoms with van der Waals surface area (Å²) in [5.74, 6) is 0. The summed E-state index contributed by atoms with van der Waals surface area (Å²) in [6.07, 6.45) is 0. The molecule has 0 saturated heterocycles. The third-order valence-corrected chi connectivity index (χ3v) is 5.22. The van der Waals surface area contributed by atoms with E-state index in [1.807, 2.05) is 42.5 Å². The van der Waals surface area contributed by atoms with E-state index >= 15 is 0 Å². The molecule has 2 heteroatoms. The molecule has 0 unspecified atom stereocenters. The van der Waals surface area contributed by atoms with Crippen molar-refractivity contribution in [2.45, 2.75) is 52.4 Å². The van der Waals surface area contributed by atoms with Crippen LogP contribution in [0, 0.1) is 11.3 Å². The first-order chi connectivity index (χ1) is 14.1. The molecule has 3 aromatic carbocycles. The number of benzene rings is 3. The highest BCUT2D eigenvalue weighted by molar-refractivity contribution is 6.14. The molecule has 0 aliphatic rings. The van der Waals surface area contributed by atoms with Gasteiger partial charge >= 0.3 is 0 Å². The van der Waals surface area contributed by atoms with E-state index in [1.165, 1.54) is 0 Å². The lowest BCUT2D eigenvalue weighted by Crippen LogP contribution is -2.17. The van der Waals surface area contributed by atoms with Gasteiger partial charge in [0.1, 0.15) is 6.07 Å². The van der Waals surface area contributed by atoms with E-state index in [1.54, 1.807) is 0 Å². The molecule has 0 heterocycles. The molecule has 2 nitrogen and oxygen atoms in total. The van der Waals surface area contributed by atoms with Crippen LogP contribution in [0.2, 0.25) is 0 Å². The van der Waals surface area contributed by atoms with Crippen LogP contribution in [-0.4, -0.2) is 5.71 Å². The summed E-state index contributed by atoms with van der Waals surface area (Å²) in [6, 6.07) is 27.0. The maximum Gasteiger partial charge on any atom is 0.101 e. The van der Waals surface area contributed by atoms with Gasteiger partial charge in [0, 0.05) is 11.1 Å².